The number of hydrogen-bond donors (Lipinski definition) is 0. The number of aromatic nitrogens is 3. The number of rotatable bonds is 3. The average molecular weight is 346 g/mol. The summed E-state index contributed by atoms with van der Waals surface area (Å²) in [6, 6.07) is 13.0. The summed E-state index contributed by atoms with van der Waals surface area (Å²) < 4.78 is 11.0. The minimum absolute atomic E-state index is 0.0476. The Morgan fingerprint density at radius 3 is 2.73 bits per heavy atom. The maximum Gasteiger partial charge on any atom is 0.289 e. The summed E-state index contributed by atoms with van der Waals surface area (Å²) in [6.07, 6.45) is 3.37. The molecule has 0 spiro atoms. The molecule has 1 saturated heterocycles. The fraction of sp³-hybridized carbons (Fsp3) is 0.158. The number of hydrogen-bond acceptors (Lipinski definition) is 6. The van der Waals surface area contributed by atoms with E-state index in [1.165, 1.54) is 0 Å². The number of benzene rings is 1. The minimum atomic E-state index is -0.119. The van der Waals surface area contributed by atoms with Gasteiger partial charge in [0.05, 0.1) is 5.92 Å². The maximum absolute atomic E-state index is 12.6. The molecule has 0 aliphatic carbocycles. The number of furan rings is 1. The van der Waals surface area contributed by atoms with Crippen LogP contribution in [-0.2, 0) is 0 Å². The third kappa shape index (κ3) is 2.45. The van der Waals surface area contributed by atoms with Crippen molar-refractivity contribution < 1.29 is 13.7 Å². The van der Waals surface area contributed by atoms with Crippen LogP contribution in [0.3, 0.4) is 0 Å². The highest BCUT2D eigenvalue weighted by Gasteiger charge is 2.37. The van der Waals surface area contributed by atoms with Crippen molar-refractivity contribution >= 4 is 16.9 Å². The van der Waals surface area contributed by atoms with E-state index >= 15 is 0 Å². The number of likely N-dealkylation sites (tertiary alicyclic amines) is 1. The SMILES string of the molecule is O=C(c1cc2ccccc2o1)N1CC(c2nc(-c3ccncc3)no2)C1. The Labute approximate surface area is 148 Å². The van der Waals surface area contributed by atoms with Crippen LogP contribution in [0.25, 0.3) is 22.4 Å². The lowest BCUT2D eigenvalue weighted by molar-refractivity contribution is 0.0539. The lowest BCUT2D eigenvalue weighted by atomic mass is 10.00. The van der Waals surface area contributed by atoms with Gasteiger partial charge in [0.1, 0.15) is 5.58 Å². The average Bonchev–Trinajstić information content (AvgIpc) is 3.28. The standard InChI is InChI=1S/C19H14N4O3/c24-19(16-9-13-3-1-2-4-15(13)25-16)23-10-14(11-23)18-21-17(22-26-18)12-5-7-20-8-6-12/h1-9,14H,10-11H2. The second-order valence-electron chi connectivity index (χ2n) is 6.25. The topological polar surface area (TPSA) is 85.3 Å². The second-order valence-corrected chi connectivity index (χ2v) is 6.25. The lowest BCUT2D eigenvalue weighted by Crippen LogP contribution is -2.48. The molecule has 1 aromatic carbocycles. The van der Waals surface area contributed by atoms with Crippen LogP contribution >= 0.6 is 0 Å². The van der Waals surface area contributed by atoms with Crippen molar-refractivity contribution in [1.29, 1.82) is 0 Å². The molecule has 4 aromatic rings. The largest absolute Gasteiger partial charge is 0.451 e. The Morgan fingerprint density at radius 2 is 1.92 bits per heavy atom. The van der Waals surface area contributed by atoms with Gasteiger partial charge in [0.2, 0.25) is 11.7 Å². The van der Waals surface area contributed by atoms with E-state index in [-0.39, 0.29) is 11.8 Å². The summed E-state index contributed by atoms with van der Waals surface area (Å²) >= 11 is 0. The molecule has 0 unspecified atom stereocenters. The van der Waals surface area contributed by atoms with Gasteiger partial charge in [-0.2, -0.15) is 4.98 Å². The third-order valence-electron chi connectivity index (χ3n) is 4.53. The van der Waals surface area contributed by atoms with Gasteiger partial charge in [-0.05, 0) is 24.3 Å². The monoisotopic (exact) mass is 346 g/mol. The first-order valence-corrected chi connectivity index (χ1v) is 8.30. The maximum atomic E-state index is 12.6. The van der Waals surface area contributed by atoms with Crippen molar-refractivity contribution in [1.82, 2.24) is 20.0 Å². The summed E-state index contributed by atoms with van der Waals surface area (Å²) in [6.45, 7) is 1.07. The van der Waals surface area contributed by atoms with Gasteiger partial charge in [0.15, 0.2) is 5.76 Å². The summed E-state index contributed by atoms with van der Waals surface area (Å²) in [5.41, 5.74) is 1.57. The molecule has 26 heavy (non-hydrogen) atoms. The Kier molecular flexibility index (Phi) is 3.31. The van der Waals surface area contributed by atoms with E-state index < -0.39 is 0 Å². The molecule has 7 heteroatoms. The van der Waals surface area contributed by atoms with Gasteiger partial charge in [-0.1, -0.05) is 23.4 Å². The van der Waals surface area contributed by atoms with Crippen molar-refractivity contribution in [3.05, 3.63) is 66.5 Å². The van der Waals surface area contributed by atoms with E-state index in [9.17, 15) is 4.79 Å². The van der Waals surface area contributed by atoms with E-state index in [1.54, 1.807) is 23.4 Å². The fourth-order valence-corrected chi connectivity index (χ4v) is 3.06. The highest BCUT2D eigenvalue weighted by molar-refractivity contribution is 5.96. The Hall–Kier alpha value is -3.48. The van der Waals surface area contributed by atoms with Gasteiger partial charge >= 0.3 is 0 Å². The highest BCUT2D eigenvalue weighted by Crippen LogP contribution is 2.30. The second kappa shape index (κ2) is 5.80. The molecule has 4 heterocycles. The predicted octanol–water partition coefficient (Wildman–Crippen LogP) is 3.12. The zero-order valence-electron chi connectivity index (χ0n) is 13.7. The van der Waals surface area contributed by atoms with Gasteiger partial charge in [-0.25, -0.2) is 0 Å². The molecule has 1 amide bonds. The Balaban J connectivity index is 1.28. The zero-order valence-corrected chi connectivity index (χ0v) is 13.7. The number of amides is 1. The van der Waals surface area contributed by atoms with Gasteiger partial charge in [0, 0.05) is 36.4 Å². The van der Waals surface area contributed by atoms with Gasteiger partial charge in [0.25, 0.3) is 5.91 Å². The van der Waals surface area contributed by atoms with Crippen molar-refractivity contribution in [3.63, 3.8) is 0 Å². The third-order valence-corrected chi connectivity index (χ3v) is 4.53. The van der Waals surface area contributed by atoms with Crippen LogP contribution in [0.2, 0.25) is 0 Å². The molecule has 1 fully saturated rings. The van der Waals surface area contributed by atoms with E-state index in [0.29, 0.717) is 36.1 Å². The molecule has 1 aliphatic heterocycles. The van der Waals surface area contributed by atoms with Crippen LogP contribution in [-0.4, -0.2) is 39.0 Å². The number of para-hydroxylation sites is 1. The van der Waals surface area contributed by atoms with E-state index in [1.807, 2.05) is 36.4 Å². The van der Waals surface area contributed by atoms with E-state index in [4.69, 9.17) is 8.94 Å². The molecule has 0 N–H and O–H groups in total. The molecule has 7 nitrogen and oxygen atoms in total. The molecule has 5 rings (SSSR count). The fourth-order valence-electron chi connectivity index (χ4n) is 3.06. The first-order valence-electron chi connectivity index (χ1n) is 8.30. The summed E-state index contributed by atoms with van der Waals surface area (Å²) in [5, 5.41) is 4.93. The van der Waals surface area contributed by atoms with Crippen LogP contribution in [0.15, 0.2) is 63.8 Å². The van der Waals surface area contributed by atoms with Crippen LogP contribution < -0.4 is 0 Å². The molecule has 128 valence electrons. The highest BCUT2D eigenvalue weighted by atomic mass is 16.5. The van der Waals surface area contributed by atoms with Crippen LogP contribution in [0.1, 0.15) is 22.4 Å². The Morgan fingerprint density at radius 1 is 1.12 bits per heavy atom. The van der Waals surface area contributed by atoms with Gasteiger partial charge in [-0.15, -0.1) is 0 Å². The smallest absolute Gasteiger partial charge is 0.289 e. The van der Waals surface area contributed by atoms with Crippen molar-refractivity contribution in [2.75, 3.05) is 13.1 Å². The van der Waals surface area contributed by atoms with Crippen LogP contribution in [0, 0.1) is 0 Å². The first-order chi connectivity index (χ1) is 12.8. The quantitative estimate of drug-likeness (QED) is 0.566. The van der Waals surface area contributed by atoms with Crippen molar-refractivity contribution in [3.8, 4) is 11.4 Å². The van der Waals surface area contributed by atoms with Gasteiger partial charge < -0.3 is 13.8 Å². The summed E-state index contributed by atoms with van der Waals surface area (Å²) in [4.78, 5) is 22.7. The molecule has 0 saturated carbocycles. The molecule has 1 aliphatic rings. The predicted molar refractivity (Wildman–Crippen MR) is 92.4 cm³/mol. The number of carbonyl (C=O) groups excluding carboxylic acids is 1. The van der Waals surface area contributed by atoms with E-state index in [2.05, 4.69) is 15.1 Å². The van der Waals surface area contributed by atoms with E-state index in [0.717, 1.165) is 10.9 Å². The first kappa shape index (κ1) is 14.8. The molecular formula is C19H14N4O3. The van der Waals surface area contributed by atoms with Crippen molar-refractivity contribution in [2.24, 2.45) is 0 Å². The lowest BCUT2D eigenvalue weighted by Gasteiger charge is -2.36. The van der Waals surface area contributed by atoms with Gasteiger partial charge in [-0.3, -0.25) is 9.78 Å². The van der Waals surface area contributed by atoms with Crippen LogP contribution in [0.4, 0.5) is 0 Å². The molecule has 0 radical (unpaired) electrons. The molecule has 0 atom stereocenters. The molecule has 3 aromatic heterocycles. The molecule has 0 bridgehead atoms. The molecular weight excluding hydrogens is 332 g/mol. The summed E-state index contributed by atoms with van der Waals surface area (Å²) in [7, 11) is 0. The minimum Gasteiger partial charge on any atom is -0.451 e. The normalized spacial score (nSPS) is 14.5. The summed E-state index contributed by atoms with van der Waals surface area (Å²) in [5.74, 6) is 1.36. The number of nitrogens with zero attached hydrogens (tertiary/aromatic N) is 4. The number of carbonyl (C=O) groups is 1. The Bertz CT molecular complexity index is 1050. The number of fused-ring (bicyclic) bond motifs is 1. The number of pyridine rings is 1. The van der Waals surface area contributed by atoms with Crippen molar-refractivity contribution in [2.45, 2.75) is 5.92 Å². The van der Waals surface area contributed by atoms with Crippen LogP contribution in [0.5, 0.6) is 0 Å². The zero-order chi connectivity index (χ0) is 17.5.